The molecular weight excluding hydrogens is 340 g/mol. The van der Waals surface area contributed by atoms with Crippen molar-refractivity contribution in [1.82, 2.24) is 0 Å². The normalized spacial score (nSPS) is 10.1. The van der Waals surface area contributed by atoms with E-state index in [2.05, 4.69) is 10.6 Å². The summed E-state index contributed by atoms with van der Waals surface area (Å²) in [6, 6.07) is 10.7. The van der Waals surface area contributed by atoms with Gasteiger partial charge in [0, 0.05) is 23.1 Å². The van der Waals surface area contributed by atoms with Crippen LogP contribution in [-0.4, -0.2) is 32.3 Å². The van der Waals surface area contributed by atoms with E-state index in [1.165, 1.54) is 21.1 Å². The fourth-order valence-corrected chi connectivity index (χ4v) is 2.74. The zero-order valence-electron chi connectivity index (χ0n) is 14.5. The number of carbonyl (C=O) groups is 2. The molecule has 0 fully saturated rings. The monoisotopic (exact) mass is 360 g/mol. The number of carbonyl (C=O) groups excluding carboxylic acids is 2. The number of hydrogen-bond donors (Lipinski definition) is 2. The van der Waals surface area contributed by atoms with Crippen LogP contribution in [0.15, 0.2) is 41.3 Å². The zero-order valence-corrected chi connectivity index (χ0v) is 15.3. The molecule has 2 aromatic carbocycles. The van der Waals surface area contributed by atoms with Crippen LogP contribution in [0.4, 0.5) is 11.4 Å². The van der Waals surface area contributed by atoms with E-state index in [1.807, 2.05) is 30.5 Å². The first-order valence-corrected chi connectivity index (χ1v) is 8.70. The second-order valence-corrected chi connectivity index (χ2v) is 6.01. The lowest BCUT2D eigenvalue weighted by Gasteiger charge is -2.15. The maximum Gasteiger partial charge on any atom is 0.255 e. The summed E-state index contributed by atoms with van der Waals surface area (Å²) >= 11 is 1.59. The summed E-state index contributed by atoms with van der Waals surface area (Å²) in [5, 5.41) is 5.49. The molecule has 0 bridgehead atoms. The van der Waals surface area contributed by atoms with Gasteiger partial charge < -0.3 is 20.1 Å². The van der Waals surface area contributed by atoms with Gasteiger partial charge in [0.05, 0.1) is 19.9 Å². The lowest BCUT2D eigenvalue weighted by atomic mass is 10.1. The SMILES string of the molecule is COc1cc(C(=O)Nc2cccc(SC)c2)cc(NC(C)=O)c1OC. The number of thioether (sulfide) groups is 1. The van der Waals surface area contributed by atoms with Crippen molar-refractivity contribution in [3.8, 4) is 11.5 Å². The summed E-state index contributed by atoms with van der Waals surface area (Å²) in [6.07, 6.45) is 1.97. The van der Waals surface area contributed by atoms with Gasteiger partial charge in [0.2, 0.25) is 5.91 Å². The first-order valence-electron chi connectivity index (χ1n) is 7.47. The number of benzene rings is 2. The van der Waals surface area contributed by atoms with Gasteiger partial charge in [0.15, 0.2) is 11.5 Å². The van der Waals surface area contributed by atoms with Gasteiger partial charge in [-0.25, -0.2) is 0 Å². The number of ether oxygens (including phenoxy) is 2. The number of nitrogens with one attached hydrogen (secondary N) is 2. The average Bonchev–Trinajstić information content (AvgIpc) is 2.60. The summed E-state index contributed by atoms with van der Waals surface area (Å²) in [5.41, 5.74) is 1.40. The molecule has 0 heterocycles. The first-order chi connectivity index (χ1) is 12.0. The largest absolute Gasteiger partial charge is 0.493 e. The lowest BCUT2D eigenvalue weighted by Crippen LogP contribution is -2.14. The smallest absolute Gasteiger partial charge is 0.255 e. The van der Waals surface area contributed by atoms with Crippen LogP contribution in [-0.2, 0) is 4.79 Å². The Morgan fingerprint density at radius 2 is 1.80 bits per heavy atom. The molecule has 0 atom stereocenters. The average molecular weight is 360 g/mol. The van der Waals surface area contributed by atoms with Crippen LogP contribution >= 0.6 is 11.8 Å². The third-order valence-corrected chi connectivity index (χ3v) is 4.10. The van der Waals surface area contributed by atoms with Crippen molar-refractivity contribution < 1.29 is 19.1 Å². The summed E-state index contributed by atoms with van der Waals surface area (Å²) in [7, 11) is 2.94. The Kier molecular flexibility index (Phi) is 6.30. The molecule has 6 nitrogen and oxygen atoms in total. The van der Waals surface area contributed by atoms with E-state index >= 15 is 0 Å². The molecule has 0 aliphatic carbocycles. The Morgan fingerprint density at radius 3 is 2.40 bits per heavy atom. The number of anilines is 2. The maximum atomic E-state index is 12.6. The molecule has 0 saturated carbocycles. The minimum Gasteiger partial charge on any atom is -0.493 e. The molecule has 0 aliphatic rings. The Balaban J connectivity index is 2.36. The van der Waals surface area contributed by atoms with Crippen LogP contribution in [0.5, 0.6) is 11.5 Å². The predicted octanol–water partition coefficient (Wildman–Crippen LogP) is 3.64. The zero-order chi connectivity index (χ0) is 18.4. The highest BCUT2D eigenvalue weighted by atomic mass is 32.2. The molecule has 0 aliphatic heterocycles. The highest BCUT2D eigenvalue weighted by Crippen LogP contribution is 2.36. The fourth-order valence-electron chi connectivity index (χ4n) is 2.28. The molecule has 2 N–H and O–H groups in total. The molecule has 0 saturated heterocycles. The molecule has 2 rings (SSSR count). The van der Waals surface area contributed by atoms with Crippen molar-refractivity contribution in [3.05, 3.63) is 42.0 Å². The molecule has 0 spiro atoms. The number of hydrogen-bond acceptors (Lipinski definition) is 5. The van der Waals surface area contributed by atoms with Crippen LogP contribution in [0.25, 0.3) is 0 Å². The minimum absolute atomic E-state index is 0.273. The molecular formula is C18H20N2O4S. The van der Waals surface area contributed by atoms with Gasteiger partial charge >= 0.3 is 0 Å². The van der Waals surface area contributed by atoms with E-state index in [9.17, 15) is 9.59 Å². The molecule has 0 radical (unpaired) electrons. The highest BCUT2D eigenvalue weighted by molar-refractivity contribution is 7.98. The van der Waals surface area contributed by atoms with Crippen molar-refractivity contribution >= 4 is 35.0 Å². The topological polar surface area (TPSA) is 76.7 Å². The second kappa shape index (κ2) is 8.43. The highest BCUT2D eigenvalue weighted by Gasteiger charge is 2.17. The van der Waals surface area contributed by atoms with Gasteiger partial charge in [-0.05, 0) is 36.6 Å². The second-order valence-electron chi connectivity index (χ2n) is 5.13. The molecule has 2 aromatic rings. The molecule has 132 valence electrons. The van der Waals surface area contributed by atoms with E-state index in [1.54, 1.807) is 23.9 Å². The van der Waals surface area contributed by atoms with Gasteiger partial charge in [-0.2, -0.15) is 0 Å². The quantitative estimate of drug-likeness (QED) is 0.769. The lowest BCUT2D eigenvalue weighted by molar-refractivity contribution is -0.114. The van der Waals surface area contributed by atoms with Crippen LogP contribution in [0.1, 0.15) is 17.3 Å². The Labute approximate surface area is 150 Å². The van der Waals surface area contributed by atoms with Gasteiger partial charge in [-0.3, -0.25) is 9.59 Å². The third kappa shape index (κ3) is 4.67. The summed E-state index contributed by atoms with van der Waals surface area (Å²) < 4.78 is 10.6. The van der Waals surface area contributed by atoms with E-state index in [0.29, 0.717) is 28.4 Å². The number of amides is 2. The van der Waals surface area contributed by atoms with Crippen LogP contribution in [0.3, 0.4) is 0 Å². The molecule has 25 heavy (non-hydrogen) atoms. The van der Waals surface area contributed by atoms with E-state index in [4.69, 9.17) is 9.47 Å². The van der Waals surface area contributed by atoms with Gasteiger partial charge in [0.1, 0.15) is 0 Å². The minimum atomic E-state index is -0.314. The first kappa shape index (κ1) is 18.7. The van der Waals surface area contributed by atoms with Gasteiger partial charge in [-0.1, -0.05) is 6.07 Å². The summed E-state index contributed by atoms with van der Waals surface area (Å²) in [4.78, 5) is 25.1. The van der Waals surface area contributed by atoms with Crippen LogP contribution in [0.2, 0.25) is 0 Å². The number of methoxy groups -OCH3 is 2. The molecule has 0 aromatic heterocycles. The van der Waals surface area contributed by atoms with Crippen LogP contribution < -0.4 is 20.1 Å². The van der Waals surface area contributed by atoms with E-state index < -0.39 is 0 Å². The fraction of sp³-hybridized carbons (Fsp3) is 0.222. The van der Waals surface area contributed by atoms with Crippen molar-refractivity contribution in [2.45, 2.75) is 11.8 Å². The van der Waals surface area contributed by atoms with E-state index in [0.717, 1.165) is 4.90 Å². The van der Waals surface area contributed by atoms with E-state index in [-0.39, 0.29) is 11.8 Å². The summed E-state index contributed by atoms with van der Waals surface area (Å²) in [6.45, 7) is 1.38. The predicted molar refractivity (Wildman–Crippen MR) is 100 cm³/mol. The maximum absolute atomic E-state index is 12.6. The number of rotatable bonds is 6. The Morgan fingerprint density at radius 1 is 1.04 bits per heavy atom. The van der Waals surface area contributed by atoms with Crippen molar-refractivity contribution in [3.63, 3.8) is 0 Å². The molecule has 2 amide bonds. The van der Waals surface area contributed by atoms with Crippen molar-refractivity contribution in [1.29, 1.82) is 0 Å². The van der Waals surface area contributed by atoms with Crippen LogP contribution in [0, 0.1) is 0 Å². The Hall–Kier alpha value is -2.67. The van der Waals surface area contributed by atoms with Crippen molar-refractivity contribution in [2.24, 2.45) is 0 Å². The molecule has 7 heteroatoms. The third-order valence-electron chi connectivity index (χ3n) is 3.38. The summed E-state index contributed by atoms with van der Waals surface area (Å²) in [5.74, 6) is 0.131. The van der Waals surface area contributed by atoms with Crippen molar-refractivity contribution in [2.75, 3.05) is 31.1 Å². The van der Waals surface area contributed by atoms with Gasteiger partial charge in [0.25, 0.3) is 5.91 Å². The molecule has 0 unspecified atom stereocenters. The Bertz CT molecular complexity index is 793. The standard InChI is InChI=1S/C18H20N2O4S/c1-11(21)19-15-8-12(9-16(23-2)17(15)24-3)18(22)20-13-6-5-7-14(10-13)25-4/h5-10H,1-4H3,(H,19,21)(H,20,22). The van der Waals surface area contributed by atoms with Gasteiger partial charge in [-0.15, -0.1) is 11.8 Å².